The zero-order valence-corrected chi connectivity index (χ0v) is 13.4. The molecular weight excluding hydrogens is 306 g/mol. The molecule has 100 valence electrons. The first-order chi connectivity index (χ1) is 8.79. The fraction of sp³-hybridized carbons (Fsp3) is 0.600. The summed E-state index contributed by atoms with van der Waals surface area (Å²) in [4.78, 5) is 1.36. The van der Waals surface area contributed by atoms with Crippen molar-refractivity contribution in [2.45, 2.75) is 43.5 Å². The van der Waals surface area contributed by atoms with Gasteiger partial charge in [-0.2, -0.15) is 0 Å². The van der Waals surface area contributed by atoms with E-state index in [1.807, 2.05) is 11.8 Å². The number of hydrogen-bond acceptors (Lipinski definition) is 2. The zero-order chi connectivity index (χ0) is 12.8. The third kappa shape index (κ3) is 4.94. The predicted octanol–water partition coefficient (Wildman–Crippen LogP) is 4.71. The molecule has 1 aliphatic rings. The van der Waals surface area contributed by atoms with Gasteiger partial charge >= 0.3 is 0 Å². The summed E-state index contributed by atoms with van der Waals surface area (Å²) in [6.45, 7) is 3.38. The third-order valence-electron chi connectivity index (χ3n) is 3.27. The van der Waals surface area contributed by atoms with Crippen LogP contribution < -0.4 is 5.32 Å². The molecule has 0 aliphatic heterocycles. The van der Waals surface area contributed by atoms with E-state index in [1.54, 1.807) is 0 Å². The number of rotatable bonds is 8. The molecule has 1 aromatic rings. The number of halogens is 1. The minimum atomic E-state index is 0.676. The molecule has 2 rings (SSSR count). The Bertz CT molecular complexity index is 365. The second-order valence-electron chi connectivity index (χ2n) is 5.07. The quantitative estimate of drug-likeness (QED) is 0.694. The SMILES string of the molecule is CCCNC(CSc1ccccc1Br)CC1CC1. The van der Waals surface area contributed by atoms with Crippen molar-refractivity contribution < 1.29 is 0 Å². The van der Waals surface area contributed by atoms with Gasteiger partial charge in [-0.25, -0.2) is 0 Å². The summed E-state index contributed by atoms with van der Waals surface area (Å²) >= 11 is 5.59. The largest absolute Gasteiger partial charge is 0.313 e. The van der Waals surface area contributed by atoms with E-state index >= 15 is 0 Å². The Morgan fingerprint density at radius 3 is 2.83 bits per heavy atom. The van der Waals surface area contributed by atoms with Gasteiger partial charge in [0.2, 0.25) is 0 Å². The van der Waals surface area contributed by atoms with Crippen molar-refractivity contribution >= 4 is 27.7 Å². The van der Waals surface area contributed by atoms with Crippen molar-refractivity contribution in [3.05, 3.63) is 28.7 Å². The molecule has 0 radical (unpaired) electrons. The first-order valence-electron chi connectivity index (χ1n) is 6.90. The summed E-state index contributed by atoms with van der Waals surface area (Å²) in [5.74, 6) is 2.18. The van der Waals surface area contributed by atoms with Crippen molar-refractivity contribution in [3.8, 4) is 0 Å². The van der Waals surface area contributed by atoms with Crippen molar-refractivity contribution in [1.82, 2.24) is 5.32 Å². The van der Waals surface area contributed by atoms with Crippen molar-refractivity contribution in [2.75, 3.05) is 12.3 Å². The van der Waals surface area contributed by atoms with Crippen LogP contribution in [0.25, 0.3) is 0 Å². The third-order valence-corrected chi connectivity index (χ3v) is 5.46. The summed E-state index contributed by atoms with van der Waals surface area (Å²) in [6, 6.07) is 9.18. The second kappa shape index (κ2) is 7.56. The average Bonchev–Trinajstić information content (AvgIpc) is 3.18. The van der Waals surface area contributed by atoms with Crippen molar-refractivity contribution in [2.24, 2.45) is 5.92 Å². The van der Waals surface area contributed by atoms with Crippen LogP contribution >= 0.6 is 27.7 Å². The first kappa shape index (κ1) is 14.4. The van der Waals surface area contributed by atoms with Gasteiger partial charge in [-0.15, -0.1) is 11.8 Å². The maximum atomic E-state index is 3.69. The van der Waals surface area contributed by atoms with E-state index in [4.69, 9.17) is 0 Å². The molecule has 1 N–H and O–H groups in total. The molecule has 1 saturated carbocycles. The van der Waals surface area contributed by atoms with Gasteiger partial charge < -0.3 is 5.32 Å². The number of thioether (sulfide) groups is 1. The molecule has 0 bridgehead atoms. The highest BCUT2D eigenvalue weighted by molar-refractivity contribution is 9.10. The molecule has 0 amide bonds. The van der Waals surface area contributed by atoms with Gasteiger partial charge in [0, 0.05) is 21.2 Å². The minimum Gasteiger partial charge on any atom is -0.313 e. The zero-order valence-electron chi connectivity index (χ0n) is 11.0. The summed E-state index contributed by atoms with van der Waals surface area (Å²) in [6.07, 6.45) is 5.48. The monoisotopic (exact) mass is 327 g/mol. The fourth-order valence-corrected chi connectivity index (χ4v) is 3.71. The highest BCUT2D eigenvalue weighted by Crippen LogP contribution is 2.35. The summed E-state index contributed by atoms with van der Waals surface area (Å²) < 4.78 is 1.22. The smallest absolute Gasteiger partial charge is 0.0311 e. The molecule has 3 heteroatoms. The molecule has 1 aliphatic carbocycles. The van der Waals surface area contributed by atoms with Gasteiger partial charge in [0.25, 0.3) is 0 Å². The summed E-state index contributed by atoms with van der Waals surface area (Å²) in [7, 11) is 0. The van der Waals surface area contributed by atoms with Crippen LogP contribution in [0.15, 0.2) is 33.6 Å². The molecule has 1 fully saturated rings. The number of hydrogen-bond donors (Lipinski definition) is 1. The van der Waals surface area contributed by atoms with Gasteiger partial charge in [0.15, 0.2) is 0 Å². The molecule has 1 aromatic carbocycles. The van der Waals surface area contributed by atoms with E-state index in [-0.39, 0.29) is 0 Å². The average molecular weight is 328 g/mol. The topological polar surface area (TPSA) is 12.0 Å². The van der Waals surface area contributed by atoms with E-state index in [0.29, 0.717) is 6.04 Å². The molecule has 0 saturated heterocycles. The van der Waals surface area contributed by atoms with Gasteiger partial charge in [-0.1, -0.05) is 31.9 Å². The Morgan fingerprint density at radius 1 is 1.39 bits per heavy atom. The van der Waals surface area contributed by atoms with Crippen LogP contribution in [0, 0.1) is 5.92 Å². The van der Waals surface area contributed by atoms with Crippen molar-refractivity contribution in [3.63, 3.8) is 0 Å². The Hall–Kier alpha value is 0.01000. The lowest BCUT2D eigenvalue weighted by molar-refractivity contribution is 0.494. The van der Waals surface area contributed by atoms with Crippen LogP contribution in [0.5, 0.6) is 0 Å². The van der Waals surface area contributed by atoms with Crippen LogP contribution in [0.4, 0.5) is 0 Å². The van der Waals surface area contributed by atoms with Crippen LogP contribution in [0.2, 0.25) is 0 Å². The molecule has 0 aromatic heterocycles. The molecule has 1 nitrogen and oxygen atoms in total. The normalized spacial score (nSPS) is 16.8. The minimum absolute atomic E-state index is 0.676. The van der Waals surface area contributed by atoms with E-state index in [1.165, 1.54) is 40.8 Å². The summed E-state index contributed by atoms with van der Waals surface area (Å²) in [5.41, 5.74) is 0. The Morgan fingerprint density at radius 2 is 2.17 bits per heavy atom. The standard InChI is InChI=1S/C15H22BrNS/c1-2-9-17-13(10-12-7-8-12)11-18-15-6-4-3-5-14(15)16/h3-6,12-13,17H,2,7-11H2,1H3. The lowest BCUT2D eigenvalue weighted by Crippen LogP contribution is -2.32. The Kier molecular flexibility index (Phi) is 6.06. The van der Waals surface area contributed by atoms with Crippen LogP contribution in [0.1, 0.15) is 32.6 Å². The van der Waals surface area contributed by atoms with Gasteiger partial charge in [0.1, 0.15) is 0 Å². The predicted molar refractivity (Wildman–Crippen MR) is 84.3 cm³/mol. The van der Waals surface area contributed by atoms with E-state index < -0.39 is 0 Å². The lowest BCUT2D eigenvalue weighted by Gasteiger charge is -2.18. The molecule has 1 atom stereocenters. The highest BCUT2D eigenvalue weighted by Gasteiger charge is 2.25. The van der Waals surface area contributed by atoms with Crippen LogP contribution in [-0.4, -0.2) is 18.3 Å². The second-order valence-corrected chi connectivity index (χ2v) is 6.99. The number of nitrogens with one attached hydrogen (secondary N) is 1. The van der Waals surface area contributed by atoms with Crippen LogP contribution in [0.3, 0.4) is 0 Å². The van der Waals surface area contributed by atoms with E-state index in [9.17, 15) is 0 Å². The fourth-order valence-electron chi connectivity index (χ4n) is 2.07. The maximum Gasteiger partial charge on any atom is 0.0311 e. The lowest BCUT2D eigenvalue weighted by atomic mass is 10.1. The summed E-state index contributed by atoms with van der Waals surface area (Å²) in [5, 5.41) is 3.69. The van der Waals surface area contributed by atoms with Gasteiger partial charge in [-0.05, 0) is 53.4 Å². The molecule has 1 unspecified atom stereocenters. The molecule has 18 heavy (non-hydrogen) atoms. The maximum absolute atomic E-state index is 3.69. The highest BCUT2D eigenvalue weighted by atomic mass is 79.9. The Labute approximate surface area is 123 Å². The molecule has 0 spiro atoms. The molecule has 0 heterocycles. The molecular formula is C15H22BrNS. The van der Waals surface area contributed by atoms with E-state index in [2.05, 4.69) is 52.4 Å². The van der Waals surface area contributed by atoms with Crippen molar-refractivity contribution in [1.29, 1.82) is 0 Å². The van der Waals surface area contributed by atoms with Crippen LogP contribution in [-0.2, 0) is 0 Å². The van der Waals surface area contributed by atoms with Gasteiger partial charge in [-0.3, -0.25) is 0 Å². The van der Waals surface area contributed by atoms with E-state index in [0.717, 1.165) is 12.5 Å². The Balaban J connectivity index is 1.81. The first-order valence-corrected chi connectivity index (χ1v) is 8.68. The van der Waals surface area contributed by atoms with Gasteiger partial charge in [0.05, 0.1) is 0 Å². The number of benzene rings is 1.